The van der Waals surface area contributed by atoms with Crippen molar-refractivity contribution < 1.29 is 0 Å². The summed E-state index contributed by atoms with van der Waals surface area (Å²) >= 11 is 0. The van der Waals surface area contributed by atoms with Crippen molar-refractivity contribution in [2.24, 2.45) is 0 Å². The van der Waals surface area contributed by atoms with Crippen molar-refractivity contribution in [2.75, 3.05) is 0 Å². The van der Waals surface area contributed by atoms with E-state index in [1.54, 1.807) is 0 Å². The summed E-state index contributed by atoms with van der Waals surface area (Å²) in [5.41, 5.74) is 2.70. The maximum atomic E-state index is 2.28. The van der Waals surface area contributed by atoms with Gasteiger partial charge in [-0.05, 0) is 28.3 Å². The Kier molecular flexibility index (Phi) is 1.92. The molecule has 2 aromatic carbocycles. The Bertz CT molecular complexity index is 554. The summed E-state index contributed by atoms with van der Waals surface area (Å²) < 4.78 is 0. The summed E-state index contributed by atoms with van der Waals surface area (Å²) in [6.07, 6.45) is 7.76. The minimum Gasteiger partial charge on any atom is -0.0801 e. The highest BCUT2D eigenvalue weighted by atomic mass is 14.1. The molecule has 1 aliphatic carbocycles. The van der Waals surface area contributed by atoms with Crippen molar-refractivity contribution in [3.05, 3.63) is 66.3 Å². The Morgan fingerprint density at radius 3 is 2.60 bits per heavy atom. The molecular weight excluding hydrogens is 180 g/mol. The number of hydrogen-bond donors (Lipinski definition) is 0. The second-order valence-corrected chi connectivity index (χ2v) is 3.82. The van der Waals surface area contributed by atoms with Gasteiger partial charge in [0.25, 0.3) is 0 Å². The van der Waals surface area contributed by atoms with Crippen LogP contribution < -0.4 is 0 Å². The smallest absolute Gasteiger partial charge is 0.0106 e. The van der Waals surface area contributed by atoms with E-state index in [0.29, 0.717) is 0 Å². The molecule has 1 aliphatic rings. The number of fused-ring (bicyclic) bond motifs is 1. The van der Waals surface area contributed by atoms with E-state index in [1.807, 2.05) is 0 Å². The molecule has 72 valence electrons. The summed E-state index contributed by atoms with van der Waals surface area (Å²) in [5, 5.41) is 2.66. The highest BCUT2D eigenvalue weighted by molar-refractivity contribution is 5.96. The molecule has 0 amide bonds. The van der Waals surface area contributed by atoms with Crippen LogP contribution in [0.2, 0.25) is 0 Å². The van der Waals surface area contributed by atoms with E-state index < -0.39 is 0 Å². The van der Waals surface area contributed by atoms with Crippen LogP contribution >= 0.6 is 0 Å². The molecule has 0 heteroatoms. The molecule has 0 aliphatic heterocycles. The molecule has 0 atom stereocenters. The lowest BCUT2D eigenvalue weighted by Crippen LogP contribution is -1.82. The third-order valence-corrected chi connectivity index (χ3v) is 2.87. The normalized spacial score (nSPS) is 14.5. The fourth-order valence-electron chi connectivity index (χ4n) is 2.13. The molecule has 0 N–H and O–H groups in total. The summed E-state index contributed by atoms with van der Waals surface area (Å²) in [6, 6.07) is 15.0. The van der Waals surface area contributed by atoms with Crippen molar-refractivity contribution in [1.29, 1.82) is 0 Å². The molecule has 0 heterocycles. The van der Waals surface area contributed by atoms with Gasteiger partial charge in [-0.25, -0.2) is 0 Å². The molecular formula is C15H12. The molecule has 0 saturated carbocycles. The maximum Gasteiger partial charge on any atom is -0.0106 e. The third kappa shape index (κ3) is 1.39. The van der Waals surface area contributed by atoms with Crippen molar-refractivity contribution in [3.63, 3.8) is 0 Å². The number of hydrogen-bond acceptors (Lipinski definition) is 0. The van der Waals surface area contributed by atoms with Gasteiger partial charge in [0, 0.05) is 0 Å². The largest absolute Gasteiger partial charge is 0.0801 e. The Labute approximate surface area is 89.6 Å². The van der Waals surface area contributed by atoms with Gasteiger partial charge in [-0.2, -0.15) is 0 Å². The molecule has 0 bridgehead atoms. The van der Waals surface area contributed by atoms with Gasteiger partial charge in [0.05, 0.1) is 0 Å². The zero-order valence-corrected chi connectivity index (χ0v) is 8.48. The lowest BCUT2D eigenvalue weighted by molar-refractivity contribution is 1.45. The number of benzene rings is 2. The molecule has 0 saturated heterocycles. The first-order valence-corrected chi connectivity index (χ1v) is 5.30. The fraction of sp³-hybridized carbons (Fsp3) is 0.0667. The molecule has 0 nitrogen and oxygen atoms in total. The Hall–Kier alpha value is -1.82. The molecule has 0 fully saturated rings. The molecule has 0 radical (unpaired) electrons. The van der Waals surface area contributed by atoms with Gasteiger partial charge < -0.3 is 0 Å². The SMILES string of the molecule is C1=CC(c2cccc3ccccc23)=CC1. The predicted octanol–water partition coefficient (Wildman–Crippen LogP) is 4.18. The van der Waals surface area contributed by atoms with Crippen LogP contribution in [0.15, 0.2) is 60.7 Å². The van der Waals surface area contributed by atoms with Gasteiger partial charge in [-0.3, -0.25) is 0 Å². The van der Waals surface area contributed by atoms with Gasteiger partial charge in [0.15, 0.2) is 0 Å². The first-order valence-electron chi connectivity index (χ1n) is 5.30. The molecule has 3 rings (SSSR count). The fourth-order valence-corrected chi connectivity index (χ4v) is 2.13. The van der Waals surface area contributed by atoms with Gasteiger partial charge in [0.1, 0.15) is 0 Å². The van der Waals surface area contributed by atoms with Crippen LogP contribution in [0, 0.1) is 0 Å². The average molecular weight is 192 g/mol. The van der Waals surface area contributed by atoms with E-state index in [-0.39, 0.29) is 0 Å². The van der Waals surface area contributed by atoms with Crippen LogP contribution in [-0.2, 0) is 0 Å². The minimum absolute atomic E-state index is 1.07. The molecule has 0 spiro atoms. The highest BCUT2D eigenvalue weighted by Gasteiger charge is 2.05. The van der Waals surface area contributed by atoms with Crippen LogP contribution in [0.3, 0.4) is 0 Å². The molecule has 0 unspecified atom stereocenters. The topological polar surface area (TPSA) is 0 Å². The lowest BCUT2D eigenvalue weighted by atomic mass is 9.99. The molecule has 0 aromatic heterocycles. The number of allylic oxidation sites excluding steroid dienone is 4. The summed E-state index contributed by atoms with van der Waals surface area (Å²) in [6.45, 7) is 0. The second-order valence-electron chi connectivity index (χ2n) is 3.82. The first-order chi connectivity index (χ1) is 7.45. The summed E-state index contributed by atoms with van der Waals surface area (Å²) in [5.74, 6) is 0. The third-order valence-electron chi connectivity index (χ3n) is 2.87. The van der Waals surface area contributed by atoms with Crippen LogP contribution in [-0.4, -0.2) is 0 Å². The number of rotatable bonds is 1. The zero-order valence-electron chi connectivity index (χ0n) is 8.48. The highest BCUT2D eigenvalue weighted by Crippen LogP contribution is 2.28. The van der Waals surface area contributed by atoms with Gasteiger partial charge in [-0.1, -0.05) is 60.7 Å². The Balaban J connectivity index is 2.30. The maximum absolute atomic E-state index is 2.28. The van der Waals surface area contributed by atoms with Crippen LogP contribution in [0.1, 0.15) is 12.0 Å². The Morgan fingerprint density at radius 1 is 0.867 bits per heavy atom. The Morgan fingerprint density at radius 2 is 1.73 bits per heavy atom. The van der Waals surface area contributed by atoms with Crippen molar-refractivity contribution in [2.45, 2.75) is 6.42 Å². The van der Waals surface area contributed by atoms with Crippen molar-refractivity contribution in [3.8, 4) is 0 Å². The van der Waals surface area contributed by atoms with Crippen molar-refractivity contribution in [1.82, 2.24) is 0 Å². The van der Waals surface area contributed by atoms with Gasteiger partial charge in [-0.15, -0.1) is 0 Å². The lowest BCUT2D eigenvalue weighted by Gasteiger charge is -2.05. The van der Waals surface area contributed by atoms with E-state index in [1.165, 1.54) is 21.9 Å². The molecule has 2 aromatic rings. The zero-order chi connectivity index (χ0) is 10.1. The van der Waals surface area contributed by atoms with Crippen LogP contribution in [0.4, 0.5) is 0 Å². The van der Waals surface area contributed by atoms with Gasteiger partial charge in [0.2, 0.25) is 0 Å². The predicted molar refractivity (Wildman–Crippen MR) is 65.7 cm³/mol. The van der Waals surface area contributed by atoms with E-state index in [9.17, 15) is 0 Å². The average Bonchev–Trinajstić information content (AvgIpc) is 2.82. The standard InChI is InChI=1S/C15H12/c1-2-7-12(6-1)15-11-5-9-13-8-3-4-10-14(13)15/h1,3-11H,2H2. The summed E-state index contributed by atoms with van der Waals surface area (Å²) in [4.78, 5) is 0. The first kappa shape index (κ1) is 8.49. The van der Waals surface area contributed by atoms with E-state index in [2.05, 4.69) is 60.7 Å². The van der Waals surface area contributed by atoms with E-state index >= 15 is 0 Å². The van der Waals surface area contributed by atoms with E-state index in [0.717, 1.165) is 6.42 Å². The quantitative estimate of drug-likeness (QED) is 0.635. The van der Waals surface area contributed by atoms with Crippen LogP contribution in [0.5, 0.6) is 0 Å². The molecule has 15 heavy (non-hydrogen) atoms. The minimum atomic E-state index is 1.07. The monoisotopic (exact) mass is 192 g/mol. The van der Waals surface area contributed by atoms with Crippen molar-refractivity contribution >= 4 is 16.3 Å². The second kappa shape index (κ2) is 3.39. The van der Waals surface area contributed by atoms with E-state index in [4.69, 9.17) is 0 Å². The van der Waals surface area contributed by atoms with Gasteiger partial charge >= 0.3 is 0 Å². The summed E-state index contributed by atoms with van der Waals surface area (Å²) in [7, 11) is 0. The van der Waals surface area contributed by atoms with Crippen LogP contribution in [0.25, 0.3) is 16.3 Å².